The van der Waals surface area contributed by atoms with Gasteiger partial charge in [0.1, 0.15) is 0 Å². The SMILES string of the molecule is Cc1cc(C(=O)OC(C)C(=O)Nc2cccc(Cl)c2)c2ccccc2n1. The number of rotatable bonds is 4. The van der Waals surface area contributed by atoms with Gasteiger partial charge in [0.25, 0.3) is 5.91 Å². The van der Waals surface area contributed by atoms with Crippen LogP contribution in [0.1, 0.15) is 23.0 Å². The number of anilines is 1. The van der Waals surface area contributed by atoms with Crippen LogP contribution in [0.3, 0.4) is 0 Å². The number of benzene rings is 2. The van der Waals surface area contributed by atoms with E-state index in [4.69, 9.17) is 16.3 Å². The van der Waals surface area contributed by atoms with Gasteiger partial charge in [-0.2, -0.15) is 0 Å². The highest BCUT2D eigenvalue weighted by Gasteiger charge is 2.21. The molecule has 0 spiro atoms. The third kappa shape index (κ3) is 4.00. The summed E-state index contributed by atoms with van der Waals surface area (Å²) in [4.78, 5) is 29.3. The summed E-state index contributed by atoms with van der Waals surface area (Å²) in [5, 5.41) is 3.87. The number of nitrogens with zero attached hydrogens (tertiary/aromatic N) is 1. The van der Waals surface area contributed by atoms with Crippen molar-refractivity contribution >= 4 is 40.1 Å². The van der Waals surface area contributed by atoms with E-state index >= 15 is 0 Å². The van der Waals surface area contributed by atoms with Crippen LogP contribution in [0.5, 0.6) is 0 Å². The number of carbonyl (C=O) groups excluding carboxylic acids is 2. The minimum absolute atomic E-state index is 0.385. The van der Waals surface area contributed by atoms with Gasteiger partial charge in [-0.15, -0.1) is 0 Å². The maximum Gasteiger partial charge on any atom is 0.339 e. The summed E-state index contributed by atoms with van der Waals surface area (Å²) in [5.74, 6) is -1.00. The maximum atomic E-state index is 12.6. The standard InChI is InChI=1S/C20H17ClN2O3/c1-12-10-17(16-8-3-4-9-18(16)22-12)20(25)26-13(2)19(24)23-15-7-5-6-14(21)11-15/h3-11,13H,1-2H3,(H,23,24). The van der Waals surface area contributed by atoms with Gasteiger partial charge in [0.15, 0.2) is 6.10 Å². The molecule has 6 heteroatoms. The molecule has 1 amide bonds. The van der Waals surface area contributed by atoms with Gasteiger partial charge in [0.2, 0.25) is 0 Å². The first-order valence-electron chi connectivity index (χ1n) is 8.08. The Hall–Kier alpha value is -2.92. The number of ether oxygens (including phenoxy) is 1. The van der Waals surface area contributed by atoms with E-state index in [9.17, 15) is 9.59 Å². The number of para-hydroxylation sites is 1. The first-order valence-corrected chi connectivity index (χ1v) is 8.45. The van der Waals surface area contributed by atoms with Crippen molar-refractivity contribution in [3.05, 3.63) is 70.9 Å². The Kier molecular flexibility index (Phi) is 5.19. The number of hydrogen-bond donors (Lipinski definition) is 1. The van der Waals surface area contributed by atoms with Crippen molar-refractivity contribution in [1.29, 1.82) is 0 Å². The molecule has 0 aliphatic rings. The summed E-state index contributed by atoms with van der Waals surface area (Å²) in [6.07, 6.45) is -0.964. The summed E-state index contributed by atoms with van der Waals surface area (Å²) in [6.45, 7) is 3.33. The molecule has 0 radical (unpaired) electrons. The van der Waals surface area contributed by atoms with E-state index in [1.807, 2.05) is 18.2 Å². The van der Waals surface area contributed by atoms with Crippen molar-refractivity contribution in [2.24, 2.45) is 0 Å². The quantitative estimate of drug-likeness (QED) is 0.694. The lowest BCUT2D eigenvalue weighted by molar-refractivity contribution is -0.123. The van der Waals surface area contributed by atoms with Crippen molar-refractivity contribution in [3.8, 4) is 0 Å². The molecule has 3 rings (SSSR count). The van der Waals surface area contributed by atoms with Gasteiger partial charge in [0, 0.05) is 21.8 Å². The topological polar surface area (TPSA) is 68.3 Å². The Labute approximate surface area is 156 Å². The zero-order chi connectivity index (χ0) is 18.7. The third-order valence-corrected chi connectivity index (χ3v) is 4.04. The van der Waals surface area contributed by atoms with Gasteiger partial charge in [-0.05, 0) is 44.2 Å². The second kappa shape index (κ2) is 7.54. The molecule has 3 aromatic rings. The number of nitrogens with one attached hydrogen (secondary N) is 1. The monoisotopic (exact) mass is 368 g/mol. The molecule has 1 heterocycles. The summed E-state index contributed by atoms with van der Waals surface area (Å²) >= 11 is 5.90. The molecule has 0 aliphatic heterocycles. The number of hydrogen-bond acceptors (Lipinski definition) is 4. The third-order valence-electron chi connectivity index (χ3n) is 3.81. The number of amides is 1. The van der Waals surface area contributed by atoms with E-state index in [2.05, 4.69) is 10.3 Å². The Morgan fingerprint density at radius 2 is 1.88 bits per heavy atom. The van der Waals surface area contributed by atoms with Crippen molar-refractivity contribution in [1.82, 2.24) is 4.98 Å². The van der Waals surface area contributed by atoms with Gasteiger partial charge in [-0.1, -0.05) is 35.9 Å². The van der Waals surface area contributed by atoms with Gasteiger partial charge in [-0.25, -0.2) is 4.79 Å². The Balaban J connectivity index is 1.76. The van der Waals surface area contributed by atoms with Crippen LogP contribution in [0.2, 0.25) is 5.02 Å². The molecule has 0 saturated carbocycles. The van der Waals surface area contributed by atoms with Crippen LogP contribution in [0.4, 0.5) is 5.69 Å². The van der Waals surface area contributed by atoms with E-state index in [0.29, 0.717) is 32.9 Å². The number of halogens is 1. The zero-order valence-electron chi connectivity index (χ0n) is 14.3. The molecule has 1 unspecified atom stereocenters. The van der Waals surface area contributed by atoms with Crippen molar-refractivity contribution in [2.75, 3.05) is 5.32 Å². The second-order valence-electron chi connectivity index (χ2n) is 5.88. The van der Waals surface area contributed by atoms with Crippen LogP contribution in [0.15, 0.2) is 54.6 Å². The lowest BCUT2D eigenvalue weighted by Crippen LogP contribution is -2.30. The van der Waals surface area contributed by atoms with Gasteiger partial charge in [-0.3, -0.25) is 9.78 Å². The molecular weight excluding hydrogens is 352 g/mol. The van der Waals surface area contributed by atoms with Crippen molar-refractivity contribution < 1.29 is 14.3 Å². The molecule has 26 heavy (non-hydrogen) atoms. The van der Waals surface area contributed by atoms with Crippen LogP contribution >= 0.6 is 11.6 Å². The lowest BCUT2D eigenvalue weighted by Gasteiger charge is -2.15. The fourth-order valence-corrected chi connectivity index (χ4v) is 2.75. The number of carbonyl (C=O) groups is 2. The predicted octanol–water partition coefficient (Wildman–Crippen LogP) is 4.38. The van der Waals surface area contributed by atoms with Crippen LogP contribution < -0.4 is 5.32 Å². The first-order chi connectivity index (χ1) is 12.4. The summed E-state index contributed by atoms with van der Waals surface area (Å²) in [5.41, 5.74) is 2.33. The highest BCUT2D eigenvalue weighted by Crippen LogP contribution is 2.20. The molecule has 2 aromatic carbocycles. The van der Waals surface area contributed by atoms with Gasteiger partial charge < -0.3 is 10.1 Å². The molecule has 1 N–H and O–H groups in total. The largest absolute Gasteiger partial charge is 0.449 e. The number of aryl methyl sites for hydroxylation is 1. The minimum Gasteiger partial charge on any atom is -0.449 e. The second-order valence-corrected chi connectivity index (χ2v) is 6.31. The van der Waals surface area contributed by atoms with E-state index < -0.39 is 18.0 Å². The highest BCUT2D eigenvalue weighted by molar-refractivity contribution is 6.30. The summed E-state index contributed by atoms with van der Waals surface area (Å²) in [7, 11) is 0. The van der Waals surface area contributed by atoms with Crippen LogP contribution in [0, 0.1) is 6.92 Å². The predicted molar refractivity (Wildman–Crippen MR) is 101 cm³/mol. The number of aromatic nitrogens is 1. The van der Waals surface area contributed by atoms with Crippen LogP contribution in [0.25, 0.3) is 10.9 Å². The Bertz CT molecular complexity index is 988. The maximum absolute atomic E-state index is 12.6. The van der Waals surface area contributed by atoms with Crippen molar-refractivity contribution in [3.63, 3.8) is 0 Å². The molecule has 0 saturated heterocycles. The molecule has 0 bridgehead atoms. The first kappa shape index (κ1) is 17.9. The van der Waals surface area contributed by atoms with E-state index in [-0.39, 0.29) is 0 Å². The van der Waals surface area contributed by atoms with Gasteiger partial charge >= 0.3 is 5.97 Å². The van der Waals surface area contributed by atoms with Gasteiger partial charge in [0.05, 0.1) is 11.1 Å². The molecule has 1 aromatic heterocycles. The molecule has 1 atom stereocenters. The molecule has 0 aliphatic carbocycles. The summed E-state index contributed by atoms with van der Waals surface area (Å²) in [6, 6.07) is 15.7. The number of esters is 1. The fourth-order valence-electron chi connectivity index (χ4n) is 2.56. The van der Waals surface area contributed by atoms with Crippen molar-refractivity contribution in [2.45, 2.75) is 20.0 Å². The average Bonchev–Trinajstić information content (AvgIpc) is 2.60. The zero-order valence-corrected chi connectivity index (χ0v) is 15.1. The highest BCUT2D eigenvalue weighted by atomic mass is 35.5. The number of fused-ring (bicyclic) bond motifs is 1. The normalized spacial score (nSPS) is 11.8. The Morgan fingerprint density at radius 1 is 1.12 bits per heavy atom. The average molecular weight is 369 g/mol. The Morgan fingerprint density at radius 3 is 2.65 bits per heavy atom. The summed E-state index contributed by atoms with van der Waals surface area (Å²) < 4.78 is 5.35. The molecular formula is C20H17ClN2O3. The van der Waals surface area contributed by atoms with Crippen LogP contribution in [-0.2, 0) is 9.53 Å². The smallest absolute Gasteiger partial charge is 0.339 e. The minimum atomic E-state index is -0.964. The molecule has 0 fully saturated rings. The molecule has 132 valence electrons. The fraction of sp³-hybridized carbons (Fsp3) is 0.150. The van der Waals surface area contributed by atoms with E-state index in [0.717, 1.165) is 0 Å². The van der Waals surface area contributed by atoms with Crippen LogP contribution in [-0.4, -0.2) is 23.0 Å². The molecule has 5 nitrogen and oxygen atoms in total. The lowest BCUT2D eigenvalue weighted by atomic mass is 10.1. The number of pyridine rings is 1. The van der Waals surface area contributed by atoms with E-state index in [1.165, 1.54) is 6.92 Å². The van der Waals surface area contributed by atoms with E-state index in [1.54, 1.807) is 43.3 Å².